The predicted octanol–water partition coefficient (Wildman–Crippen LogP) is 3.72. The summed E-state index contributed by atoms with van der Waals surface area (Å²) in [6.07, 6.45) is 0. The fraction of sp³-hybridized carbons (Fsp3) is 0.0769. The number of carbonyl (C=O) groups is 2. The quantitative estimate of drug-likeness (QED) is 0.636. The summed E-state index contributed by atoms with van der Waals surface area (Å²) in [6.45, 7) is -0.688. The molecule has 0 spiro atoms. The first kappa shape index (κ1) is 16.5. The minimum absolute atomic E-state index is 0.277. The largest absolute Gasteiger partial charge is 0.451 e. The van der Waals surface area contributed by atoms with Gasteiger partial charge >= 0.3 is 5.97 Å². The van der Waals surface area contributed by atoms with Crippen LogP contribution in [0.15, 0.2) is 28.1 Å². The molecule has 1 amide bonds. The lowest BCUT2D eigenvalue weighted by Crippen LogP contribution is -2.21. The molecule has 1 aromatic heterocycles. The molecule has 0 aliphatic rings. The Balaban J connectivity index is 1.94. The van der Waals surface area contributed by atoms with Crippen molar-refractivity contribution in [3.05, 3.63) is 50.4 Å². The Hall–Kier alpha value is -1.87. The average Bonchev–Trinajstić information content (AvgIpc) is 2.92. The Bertz CT molecular complexity index is 735. The number of rotatable bonds is 4. The molecular formula is C13H7BrF3NO3S. The van der Waals surface area contributed by atoms with E-state index in [1.165, 1.54) is 6.07 Å². The van der Waals surface area contributed by atoms with Crippen LogP contribution < -0.4 is 5.32 Å². The average molecular weight is 394 g/mol. The van der Waals surface area contributed by atoms with Gasteiger partial charge in [-0.2, -0.15) is 0 Å². The lowest BCUT2D eigenvalue weighted by Gasteiger charge is -2.07. The Morgan fingerprint density at radius 2 is 1.86 bits per heavy atom. The third-order valence-electron chi connectivity index (χ3n) is 2.42. The van der Waals surface area contributed by atoms with Crippen LogP contribution in [0.4, 0.5) is 18.9 Å². The fourth-order valence-corrected chi connectivity index (χ4v) is 2.71. The van der Waals surface area contributed by atoms with E-state index in [-0.39, 0.29) is 4.88 Å². The maximum Gasteiger partial charge on any atom is 0.348 e. The molecule has 1 heterocycles. The van der Waals surface area contributed by atoms with Crippen LogP contribution in [0.25, 0.3) is 0 Å². The van der Waals surface area contributed by atoms with Crippen molar-refractivity contribution in [1.29, 1.82) is 0 Å². The standard InChI is InChI=1S/C13H7BrF3NO3S/c14-9-4-3-8(22-9)13(20)21-5-10(19)18-7-2-1-6(15)11(16)12(7)17/h1-4H,5H2,(H,18,19). The zero-order valence-corrected chi connectivity index (χ0v) is 13.1. The molecule has 2 aromatic rings. The molecule has 2 rings (SSSR count). The van der Waals surface area contributed by atoms with Gasteiger partial charge in [0.1, 0.15) is 4.88 Å². The van der Waals surface area contributed by atoms with Gasteiger partial charge in [0.2, 0.25) is 0 Å². The molecule has 0 unspecified atom stereocenters. The van der Waals surface area contributed by atoms with Crippen molar-refractivity contribution in [2.75, 3.05) is 11.9 Å². The predicted molar refractivity (Wildman–Crippen MR) is 77.2 cm³/mol. The number of anilines is 1. The summed E-state index contributed by atoms with van der Waals surface area (Å²) in [4.78, 5) is 23.4. The van der Waals surface area contributed by atoms with Gasteiger partial charge in [0.05, 0.1) is 9.47 Å². The summed E-state index contributed by atoms with van der Waals surface area (Å²) < 4.78 is 44.5. The van der Waals surface area contributed by atoms with E-state index in [1.54, 1.807) is 6.07 Å². The van der Waals surface area contributed by atoms with Crippen molar-refractivity contribution < 1.29 is 27.5 Å². The first-order valence-corrected chi connectivity index (χ1v) is 7.35. The molecule has 0 atom stereocenters. The number of ether oxygens (including phenoxy) is 1. The highest BCUT2D eigenvalue weighted by atomic mass is 79.9. The van der Waals surface area contributed by atoms with Crippen molar-refractivity contribution in [2.45, 2.75) is 0 Å². The summed E-state index contributed by atoms with van der Waals surface area (Å²) in [5, 5.41) is 1.99. The highest BCUT2D eigenvalue weighted by molar-refractivity contribution is 9.11. The number of hydrogen-bond acceptors (Lipinski definition) is 4. The second kappa shape index (κ2) is 6.93. The van der Waals surface area contributed by atoms with Crippen molar-refractivity contribution in [1.82, 2.24) is 0 Å². The molecule has 9 heteroatoms. The Labute approximate surface area is 135 Å². The number of nitrogens with one attached hydrogen (secondary N) is 1. The summed E-state index contributed by atoms with van der Waals surface area (Å²) in [6, 6.07) is 4.68. The summed E-state index contributed by atoms with van der Waals surface area (Å²) in [5.41, 5.74) is -0.543. The molecule has 0 saturated carbocycles. The Morgan fingerprint density at radius 1 is 1.14 bits per heavy atom. The van der Waals surface area contributed by atoms with Crippen LogP contribution in [-0.4, -0.2) is 18.5 Å². The van der Waals surface area contributed by atoms with E-state index >= 15 is 0 Å². The topological polar surface area (TPSA) is 55.4 Å². The molecule has 4 nitrogen and oxygen atoms in total. The van der Waals surface area contributed by atoms with E-state index in [4.69, 9.17) is 4.74 Å². The monoisotopic (exact) mass is 393 g/mol. The normalized spacial score (nSPS) is 10.4. The van der Waals surface area contributed by atoms with Crippen LogP contribution in [0.5, 0.6) is 0 Å². The van der Waals surface area contributed by atoms with Crippen molar-refractivity contribution in [2.24, 2.45) is 0 Å². The van der Waals surface area contributed by atoms with Crippen LogP contribution >= 0.6 is 27.3 Å². The number of halogens is 4. The highest BCUT2D eigenvalue weighted by Crippen LogP contribution is 2.23. The van der Waals surface area contributed by atoms with Crippen molar-refractivity contribution in [3.8, 4) is 0 Å². The van der Waals surface area contributed by atoms with Gasteiger partial charge in [-0.15, -0.1) is 11.3 Å². The smallest absolute Gasteiger partial charge is 0.348 e. The molecule has 0 fully saturated rings. The van der Waals surface area contributed by atoms with Crippen LogP contribution in [-0.2, 0) is 9.53 Å². The van der Waals surface area contributed by atoms with Crippen LogP contribution in [0.3, 0.4) is 0 Å². The first-order chi connectivity index (χ1) is 10.4. The minimum atomic E-state index is -1.70. The molecule has 0 saturated heterocycles. The molecule has 0 aliphatic carbocycles. The van der Waals surface area contributed by atoms with Gasteiger partial charge < -0.3 is 10.1 Å². The summed E-state index contributed by atoms with van der Waals surface area (Å²) >= 11 is 4.29. The highest BCUT2D eigenvalue weighted by Gasteiger charge is 2.17. The number of amides is 1. The number of benzene rings is 1. The summed E-state index contributed by atoms with van der Waals surface area (Å²) in [7, 11) is 0. The molecule has 0 bridgehead atoms. The van der Waals surface area contributed by atoms with E-state index in [0.29, 0.717) is 9.85 Å². The zero-order chi connectivity index (χ0) is 16.3. The number of hydrogen-bond donors (Lipinski definition) is 1. The second-order valence-corrected chi connectivity index (χ2v) is 6.41. The Morgan fingerprint density at radius 3 is 2.50 bits per heavy atom. The van der Waals surface area contributed by atoms with Gasteiger partial charge in [-0.1, -0.05) is 0 Å². The van der Waals surface area contributed by atoms with E-state index in [2.05, 4.69) is 15.9 Å². The van der Waals surface area contributed by atoms with Gasteiger partial charge in [-0.05, 0) is 40.2 Å². The molecular weight excluding hydrogens is 387 g/mol. The molecule has 0 radical (unpaired) electrons. The second-order valence-electron chi connectivity index (χ2n) is 3.95. The van der Waals surface area contributed by atoms with Crippen molar-refractivity contribution in [3.63, 3.8) is 0 Å². The van der Waals surface area contributed by atoms with E-state index in [1.807, 2.05) is 5.32 Å². The SMILES string of the molecule is O=C(COC(=O)c1ccc(Br)s1)Nc1ccc(F)c(F)c1F. The third-order valence-corrected chi connectivity index (χ3v) is 4.02. The number of carbonyl (C=O) groups excluding carboxylic acids is 2. The van der Waals surface area contributed by atoms with Gasteiger partial charge in [0.15, 0.2) is 24.1 Å². The van der Waals surface area contributed by atoms with Gasteiger partial charge in [-0.25, -0.2) is 18.0 Å². The maximum absolute atomic E-state index is 13.3. The van der Waals surface area contributed by atoms with Gasteiger partial charge in [0, 0.05) is 0 Å². The van der Waals surface area contributed by atoms with Gasteiger partial charge in [-0.3, -0.25) is 4.79 Å². The number of esters is 1. The molecule has 22 heavy (non-hydrogen) atoms. The van der Waals surface area contributed by atoms with Crippen LogP contribution in [0.2, 0.25) is 0 Å². The third kappa shape index (κ3) is 3.86. The lowest BCUT2D eigenvalue weighted by atomic mass is 10.3. The molecule has 1 aromatic carbocycles. The molecule has 0 aliphatic heterocycles. The maximum atomic E-state index is 13.3. The van der Waals surface area contributed by atoms with Crippen LogP contribution in [0, 0.1) is 17.5 Å². The van der Waals surface area contributed by atoms with E-state index in [9.17, 15) is 22.8 Å². The lowest BCUT2D eigenvalue weighted by molar-refractivity contribution is -0.119. The van der Waals surface area contributed by atoms with Crippen LogP contribution in [0.1, 0.15) is 9.67 Å². The first-order valence-electron chi connectivity index (χ1n) is 5.74. The van der Waals surface area contributed by atoms with Crippen molar-refractivity contribution >= 4 is 44.8 Å². The summed E-state index contributed by atoms with van der Waals surface area (Å²) in [5.74, 6) is -6.20. The fourth-order valence-electron chi connectivity index (χ4n) is 1.43. The van der Waals surface area contributed by atoms with E-state index in [0.717, 1.165) is 17.4 Å². The molecule has 1 N–H and O–H groups in total. The Kier molecular flexibility index (Phi) is 5.19. The molecule has 116 valence electrons. The minimum Gasteiger partial charge on any atom is -0.451 e. The van der Waals surface area contributed by atoms with E-state index < -0.39 is 41.6 Å². The zero-order valence-electron chi connectivity index (χ0n) is 10.7. The van der Waals surface area contributed by atoms with Gasteiger partial charge in [0.25, 0.3) is 5.91 Å². The number of thiophene rings is 1.